The smallest absolute Gasteiger partial charge is 0.164 e. The highest BCUT2D eigenvalue weighted by atomic mass is 79.9. The first kappa shape index (κ1) is 23.3. The molecule has 168 valence electrons. The van der Waals surface area contributed by atoms with Gasteiger partial charge in [0, 0.05) is 21.2 Å². The molecule has 0 radical (unpaired) electrons. The van der Waals surface area contributed by atoms with Gasteiger partial charge in [-0.25, -0.2) is 15.0 Å². The Morgan fingerprint density at radius 1 is 0.515 bits per heavy atom. The van der Waals surface area contributed by atoms with Crippen molar-refractivity contribution in [2.24, 2.45) is 0 Å². The van der Waals surface area contributed by atoms with Crippen molar-refractivity contribution in [3.63, 3.8) is 0 Å². The average Bonchev–Trinajstić information content (AvgIpc) is 2.78. The van der Waals surface area contributed by atoms with Crippen molar-refractivity contribution in [3.8, 4) is 34.2 Å². The lowest BCUT2D eigenvalue weighted by atomic mass is 9.86. The zero-order valence-corrected chi connectivity index (χ0v) is 21.7. The molecule has 0 aliphatic rings. The van der Waals surface area contributed by atoms with E-state index in [1.54, 1.807) is 0 Å². The van der Waals surface area contributed by atoms with E-state index in [2.05, 4.69) is 106 Å². The van der Waals surface area contributed by atoms with Crippen molar-refractivity contribution in [2.75, 3.05) is 0 Å². The summed E-state index contributed by atoms with van der Waals surface area (Å²) in [6.45, 7) is 13.3. The van der Waals surface area contributed by atoms with Crippen LogP contribution in [0.3, 0.4) is 0 Å². The van der Waals surface area contributed by atoms with Crippen molar-refractivity contribution in [2.45, 2.75) is 52.4 Å². The molecule has 1 heterocycles. The summed E-state index contributed by atoms with van der Waals surface area (Å²) in [6.07, 6.45) is 0. The number of hydrogen-bond donors (Lipinski definition) is 0. The van der Waals surface area contributed by atoms with Crippen LogP contribution in [0.5, 0.6) is 0 Å². The molecule has 4 heteroatoms. The van der Waals surface area contributed by atoms with Gasteiger partial charge in [0.05, 0.1) is 0 Å². The second-order valence-corrected chi connectivity index (χ2v) is 11.4. The van der Waals surface area contributed by atoms with Gasteiger partial charge in [0.15, 0.2) is 17.5 Å². The van der Waals surface area contributed by atoms with E-state index in [1.165, 1.54) is 11.1 Å². The molecule has 0 fully saturated rings. The van der Waals surface area contributed by atoms with Gasteiger partial charge in [0.25, 0.3) is 0 Å². The lowest BCUT2D eigenvalue weighted by Crippen LogP contribution is -2.10. The van der Waals surface area contributed by atoms with Crippen LogP contribution in [0.1, 0.15) is 52.7 Å². The Balaban J connectivity index is 1.84. The fraction of sp³-hybridized carbons (Fsp3) is 0.276. The average molecular weight is 500 g/mol. The molecular formula is C29H30BrN3. The van der Waals surface area contributed by atoms with Gasteiger partial charge >= 0.3 is 0 Å². The summed E-state index contributed by atoms with van der Waals surface area (Å²) in [5.74, 6) is 2.02. The van der Waals surface area contributed by atoms with E-state index in [0.717, 1.165) is 21.2 Å². The van der Waals surface area contributed by atoms with Crippen LogP contribution in [0.15, 0.2) is 77.3 Å². The zero-order valence-electron chi connectivity index (χ0n) is 20.1. The van der Waals surface area contributed by atoms with Gasteiger partial charge in [-0.05, 0) is 34.1 Å². The third kappa shape index (κ3) is 5.39. The molecule has 0 saturated heterocycles. The number of halogens is 1. The summed E-state index contributed by atoms with van der Waals surface area (Å²) in [5.41, 5.74) is 5.67. The van der Waals surface area contributed by atoms with Gasteiger partial charge in [-0.15, -0.1) is 0 Å². The molecule has 0 aliphatic heterocycles. The summed E-state index contributed by atoms with van der Waals surface area (Å²) < 4.78 is 0.993. The van der Waals surface area contributed by atoms with Crippen LogP contribution in [-0.2, 0) is 10.8 Å². The zero-order chi connectivity index (χ0) is 23.8. The summed E-state index contributed by atoms with van der Waals surface area (Å²) in [4.78, 5) is 14.6. The van der Waals surface area contributed by atoms with E-state index < -0.39 is 0 Å². The fourth-order valence-electron chi connectivity index (χ4n) is 3.63. The molecule has 4 rings (SSSR count). The maximum Gasteiger partial charge on any atom is 0.164 e. The molecule has 0 spiro atoms. The van der Waals surface area contributed by atoms with E-state index in [1.807, 2.05) is 24.3 Å². The van der Waals surface area contributed by atoms with Crippen molar-refractivity contribution < 1.29 is 0 Å². The van der Waals surface area contributed by atoms with E-state index in [-0.39, 0.29) is 10.8 Å². The number of nitrogens with zero attached hydrogens (tertiary/aromatic N) is 3. The predicted octanol–water partition coefficient (Wildman–Crippen LogP) is 8.23. The lowest BCUT2D eigenvalue weighted by Gasteiger charge is -2.19. The molecule has 33 heavy (non-hydrogen) atoms. The first-order valence-electron chi connectivity index (χ1n) is 11.2. The van der Waals surface area contributed by atoms with E-state index >= 15 is 0 Å². The molecule has 4 aromatic rings. The Bertz CT molecular complexity index is 1190. The minimum Gasteiger partial charge on any atom is -0.208 e. The number of rotatable bonds is 3. The van der Waals surface area contributed by atoms with E-state index in [9.17, 15) is 0 Å². The summed E-state index contributed by atoms with van der Waals surface area (Å²) in [7, 11) is 0. The first-order chi connectivity index (χ1) is 15.5. The number of hydrogen-bond acceptors (Lipinski definition) is 3. The van der Waals surface area contributed by atoms with Gasteiger partial charge in [0.2, 0.25) is 0 Å². The van der Waals surface area contributed by atoms with Gasteiger partial charge in [-0.3, -0.25) is 0 Å². The van der Waals surface area contributed by atoms with Gasteiger partial charge in [-0.2, -0.15) is 0 Å². The van der Waals surface area contributed by atoms with Crippen LogP contribution < -0.4 is 0 Å². The lowest BCUT2D eigenvalue weighted by molar-refractivity contribution is 0.590. The molecule has 3 nitrogen and oxygen atoms in total. The molecular weight excluding hydrogens is 470 g/mol. The molecule has 3 aromatic carbocycles. The molecule has 0 amide bonds. The number of aromatic nitrogens is 3. The second kappa shape index (κ2) is 8.83. The molecule has 0 N–H and O–H groups in total. The van der Waals surface area contributed by atoms with Gasteiger partial charge < -0.3 is 0 Å². The minimum atomic E-state index is 0.0963. The van der Waals surface area contributed by atoms with Crippen molar-refractivity contribution >= 4 is 15.9 Å². The molecule has 0 unspecified atom stereocenters. The SMILES string of the molecule is CC(C)(C)c1ccc(-c2nc(-c3ccc(C(C)(C)C)cc3)nc(-c3cccc(Br)c3)n2)cc1. The quantitative estimate of drug-likeness (QED) is 0.284. The normalized spacial score (nSPS) is 12.1. The van der Waals surface area contributed by atoms with E-state index in [0.29, 0.717) is 17.5 Å². The van der Waals surface area contributed by atoms with Gasteiger partial charge in [0.1, 0.15) is 0 Å². The Hall–Kier alpha value is -2.85. The largest absolute Gasteiger partial charge is 0.208 e. The highest BCUT2D eigenvalue weighted by Crippen LogP contribution is 2.29. The summed E-state index contributed by atoms with van der Waals surface area (Å²) in [5, 5.41) is 0. The third-order valence-electron chi connectivity index (χ3n) is 5.74. The van der Waals surface area contributed by atoms with Crippen LogP contribution in [0.2, 0.25) is 0 Å². The van der Waals surface area contributed by atoms with Crippen molar-refractivity contribution in [1.29, 1.82) is 0 Å². The second-order valence-electron chi connectivity index (χ2n) is 10.5. The Morgan fingerprint density at radius 2 is 0.909 bits per heavy atom. The molecule has 0 atom stereocenters. The Labute approximate surface area is 205 Å². The third-order valence-corrected chi connectivity index (χ3v) is 6.23. The van der Waals surface area contributed by atoms with Crippen LogP contribution in [-0.4, -0.2) is 15.0 Å². The van der Waals surface area contributed by atoms with Crippen molar-refractivity contribution in [1.82, 2.24) is 15.0 Å². The topological polar surface area (TPSA) is 38.7 Å². The first-order valence-corrected chi connectivity index (χ1v) is 12.0. The number of benzene rings is 3. The Morgan fingerprint density at radius 3 is 1.27 bits per heavy atom. The van der Waals surface area contributed by atoms with E-state index in [4.69, 9.17) is 15.0 Å². The van der Waals surface area contributed by atoms with Crippen molar-refractivity contribution in [3.05, 3.63) is 88.4 Å². The molecule has 1 aromatic heterocycles. The monoisotopic (exact) mass is 499 g/mol. The van der Waals surface area contributed by atoms with Crippen LogP contribution in [0.25, 0.3) is 34.2 Å². The predicted molar refractivity (Wildman–Crippen MR) is 141 cm³/mol. The summed E-state index contributed by atoms with van der Waals surface area (Å²) in [6, 6.07) is 25.1. The maximum atomic E-state index is 4.87. The molecule has 0 aliphatic carbocycles. The Kier molecular flexibility index (Phi) is 6.24. The molecule has 0 saturated carbocycles. The van der Waals surface area contributed by atoms with Crippen LogP contribution in [0.4, 0.5) is 0 Å². The standard InChI is InChI=1S/C29H30BrN3/c1-28(2,3)22-14-10-19(11-15-22)25-31-26(20-12-16-23(17-13-20)29(4,5)6)33-27(32-25)21-8-7-9-24(30)18-21/h7-18H,1-6H3. The highest BCUT2D eigenvalue weighted by molar-refractivity contribution is 9.10. The van der Waals surface area contributed by atoms with Crippen LogP contribution >= 0.6 is 15.9 Å². The highest BCUT2D eigenvalue weighted by Gasteiger charge is 2.17. The molecule has 0 bridgehead atoms. The maximum absolute atomic E-state index is 4.87. The van der Waals surface area contributed by atoms with Crippen LogP contribution in [0, 0.1) is 0 Å². The fourth-order valence-corrected chi connectivity index (χ4v) is 4.03. The van der Waals surface area contributed by atoms with Gasteiger partial charge in [-0.1, -0.05) is 118 Å². The minimum absolute atomic E-state index is 0.0963. The summed E-state index contributed by atoms with van der Waals surface area (Å²) >= 11 is 3.57.